The lowest BCUT2D eigenvalue weighted by atomic mass is 10.1. The molecule has 0 saturated heterocycles. The van der Waals surface area contributed by atoms with Crippen LogP contribution in [0.4, 0.5) is 0 Å². The molecule has 0 aromatic carbocycles. The van der Waals surface area contributed by atoms with Crippen LogP contribution in [0.1, 0.15) is 19.3 Å². The van der Waals surface area contributed by atoms with Gasteiger partial charge in [-0.2, -0.15) is 0 Å². The minimum absolute atomic E-state index is 0.161. The average molecular weight is 130 g/mol. The van der Waals surface area contributed by atoms with Crippen molar-refractivity contribution in [2.24, 2.45) is 0 Å². The summed E-state index contributed by atoms with van der Waals surface area (Å²) in [4.78, 5) is 0. The molecule has 0 heterocycles. The third kappa shape index (κ3) is 5.53. The van der Waals surface area contributed by atoms with Crippen LogP contribution in [0.25, 0.3) is 0 Å². The van der Waals surface area contributed by atoms with E-state index in [0.717, 1.165) is 0 Å². The highest BCUT2D eigenvalue weighted by atomic mass is 16.3. The zero-order valence-electron chi connectivity index (χ0n) is 5.58. The predicted molar refractivity (Wildman–Crippen MR) is 37.1 cm³/mol. The molecule has 0 radical (unpaired) electrons. The summed E-state index contributed by atoms with van der Waals surface area (Å²) in [6.07, 6.45) is 3.34. The van der Waals surface area contributed by atoms with Gasteiger partial charge >= 0.3 is 0 Å². The molecule has 0 fully saturated rings. The van der Waals surface area contributed by atoms with Gasteiger partial charge in [-0.25, -0.2) is 0 Å². The third-order valence-electron chi connectivity index (χ3n) is 1.13. The Kier molecular flexibility index (Phi) is 5.57. The van der Waals surface area contributed by atoms with E-state index < -0.39 is 0 Å². The lowest BCUT2D eigenvalue weighted by Gasteiger charge is -2.04. The first-order valence-electron chi connectivity index (χ1n) is 3.21. The van der Waals surface area contributed by atoms with Crippen LogP contribution < -0.4 is 0 Å². The van der Waals surface area contributed by atoms with E-state index in [0.29, 0.717) is 19.3 Å². The standard InChI is InChI=1S/C7H14O2/c1-2-4-7(9)5-3-6-8/h2,7-9H,1,3-6H2. The lowest BCUT2D eigenvalue weighted by Crippen LogP contribution is -2.04. The van der Waals surface area contributed by atoms with Crippen LogP contribution in [0.5, 0.6) is 0 Å². The summed E-state index contributed by atoms with van der Waals surface area (Å²) in [5.41, 5.74) is 0. The monoisotopic (exact) mass is 130 g/mol. The molecule has 2 N–H and O–H groups in total. The minimum atomic E-state index is -0.311. The molecule has 0 bridgehead atoms. The Morgan fingerprint density at radius 3 is 2.67 bits per heavy atom. The number of hydrogen-bond donors (Lipinski definition) is 2. The molecule has 54 valence electrons. The fourth-order valence-corrected chi connectivity index (χ4v) is 0.637. The topological polar surface area (TPSA) is 40.5 Å². The van der Waals surface area contributed by atoms with Crippen LogP contribution in [0.2, 0.25) is 0 Å². The van der Waals surface area contributed by atoms with Crippen LogP contribution in [-0.4, -0.2) is 22.9 Å². The molecule has 0 aliphatic heterocycles. The molecule has 2 heteroatoms. The smallest absolute Gasteiger partial charge is 0.0575 e. The molecule has 0 saturated carbocycles. The van der Waals surface area contributed by atoms with Gasteiger partial charge in [0, 0.05) is 6.61 Å². The fourth-order valence-electron chi connectivity index (χ4n) is 0.637. The van der Waals surface area contributed by atoms with Crippen molar-refractivity contribution in [1.82, 2.24) is 0 Å². The van der Waals surface area contributed by atoms with Gasteiger partial charge in [0.05, 0.1) is 6.10 Å². The van der Waals surface area contributed by atoms with Crippen molar-refractivity contribution < 1.29 is 10.2 Å². The van der Waals surface area contributed by atoms with Gasteiger partial charge in [0.15, 0.2) is 0 Å². The van der Waals surface area contributed by atoms with Crippen molar-refractivity contribution in [2.45, 2.75) is 25.4 Å². The second kappa shape index (κ2) is 5.79. The molecule has 0 aliphatic carbocycles. The fraction of sp³-hybridized carbons (Fsp3) is 0.714. The summed E-state index contributed by atoms with van der Waals surface area (Å²) in [5, 5.41) is 17.3. The highest BCUT2D eigenvalue weighted by Gasteiger charge is 1.98. The van der Waals surface area contributed by atoms with Crippen molar-refractivity contribution >= 4 is 0 Å². The summed E-state index contributed by atoms with van der Waals surface area (Å²) in [6, 6.07) is 0. The zero-order chi connectivity index (χ0) is 7.11. The molecule has 0 rings (SSSR count). The Bertz CT molecular complexity index is 71.3. The summed E-state index contributed by atoms with van der Waals surface area (Å²) in [7, 11) is 0. The Labute approximate surface area is 55.8 Å². The predicted octanol–water partition coefficient (Wildman–Crippen LogP) is 0.696. The van der Waals surface area contributed by atoms with E-state index in [2.05, 4.69) is 6.58 Å². The Hall–Kier alpha value is -0.340. The maximum Gasteiger partial charge on any atom is 0.0575 e. The van der Waals surface area contributed by atoms with Gasteiger partial charge in [-0.1, -0.05) is 6.08 Å². The van der Waals surface area contributed by atoms with Crippen LogP contribution in [0.3, 0.4) is 0 Å². The second-order valence-corrected chi connectivity index (χ2v) is 2.04. The second-order valence-electron chi connectivity index (χ2n) is 2.04. The highest BCUT2D eigenvalue weighted by molar-refractivity contribution is 4.71. The number of aliphatic hydroxyl groups excluding tert-OH is 2. The van der Waals surface area contributed by atoms with E-state index in [4.69, 9.17) is 10.2 Å². The molecule has 2 nitrogen and oxygen atoms in total. The first kappa shape index (κ1) is 8.66. The molecular weight excluding hydrogens is 116 g/mol. The van der Waals surface area contributed by atoms with Gasteiger partial charge in [-0.15, -0.1) is 6.58 Å². The van der Waals surface area contributed by atoms with Gasteiger partial charge in [-0.3, -0.25) is 0 Å². The van der Waals surface area contributed by atoms with E-state index in [1.807, 2.05) is 0 Å². The molecular formula is C7H14O2. The SMILES string of the molecule is C=CCC(O)CCCO. The Balaban J connectivity index is 3.04. The van der Waals surface area contributed by atoms with Crippen molar-refractivity contribution in [1.29, 1.82) is 0 Å². The van der Waals surface area contributed by atoms with Crippen LogP contribution >= 0.6 is 0 Å². The maximum absolute atomic E-state index is 9.00. The quantitative estimate of drug-likeness (QED) is 0.538. The lowest BCUT2D eigenvalue weighted by molar-refractivity contribution is 0.152. The van der Waals surface area contributed by atoms with E-state index in [9.17, 15) is 0 Å². The molecule has 1 unspecified atom stereocenters. The van der Waals surface area contributed by atoms with E-state index in [1.54, 1.807) is 6.08 Å². The highest BCUT2D eigenvalue weighted by Crippen LogP contribution is 2.00. The number of rotatable bonds is 5. The summed E-state index contributed by atoms with van der Waals surface area (Å²) >= 11 is 0. The zero-order valence-corrected chi connectivity index (χ0v) is 5.58. The number of hydrogen-bond acceptors (Lipinski definition) is 2. The number of aliphatic hydroxyl groups is 2. The molecule has 0 aromatic heterocycles. The van der Waals surface area contributed by atoms with E-state index in [-0.39, 0.29) is 12.7 Å². The third-order valence-corrected chi connectivity index (χ3v) is 1.13. The molecule has 1 atom stereocenters. The summed E-state index contributed by atoms with van der Waals surface area (Å²) in [6.45, 7) is 3.65. The largest absolute Gasteiger partial charge is 0.396 e. The van der Waals surface area contributed by atoms with Gasteiger partial charge in [-0.05, 0) is 19.3 Å². The maximum atomic E-state index is 9.00. The van der Waals surface area contributed by atoms with Gasteiger partial charge in [0.25, 0.3) is 0 Å². The van der Waals surface area contributed by atoms with Crippen LogP contribution in [0, 0.1) is 0 Å². The van der Waals surface area contributed by atoms with Gasteiger partial charge in [0.1, 0.15) is 0 Å². The summed E-state index contributed by atoms with van der Waals surface area (Å²) < 4.78 is 0. The van der Waals surface area contributed by atoms with Crippen LogP contribution in [0.15, 0.2) is 12.7 Å². The Morgan fingerprint density at radius 2 is 2.22 bits per heavy atom. The average Bonchev–Trinajstić information content (AvgIpc) is 1.85. The Morgan fingerprint density at radius 1 is 1.56 bits per heavy atom. The van der Waals surface area contributed by atoms with E-state index >= 15 is 0 Å². The van der Waals surface area contributed by atoms with E-state index in [1.165, 1.54) is 0 Å². The van der Waals surface area contributed by atoms with Crippen molar-refractivity contribution in [3.63, 3.8) is 0 Å². The van der Waals surface area contributed by atoms with Gasteiger partial charge < -0.3 is 10.2 Å². The normalized spacial score (nSPS) is 13.1. The van der Waals surface area contributed by atoms with Crippen molar-refractivity contribution in [3.05, 3.63) is 12.7 Å². The minimum Gasteiger partial charge on any atom is -0.396 e. The first-order chi connectivity index (χ1) is 4.31. The molecule has 9 heavy (non-hydrogen) atoms. The van der Waals surface area contributed by atoms with Gasteiger partial charge in [0.2, 0.25) is 0 Å². The first-order valence-corrected chi connectivity index (χ1v) is 3.21. The molecule has 0 amide bonds. The molecule has 0 spiro atoms. The molecule has 0 aliphatic rings. The molecule has 0 aromatic rings. The van der Waals surface area contributed by atoms with Crippen molar-refractivity contribution in [2.75, 3.05) is 6.61 Å². The van der Waals surface area contributed by atoms with Crippen molar-refractivity contribution in [3.8, 4) is 0 Å². The van der Waals surface area contributed by atoms with Crippen LogP contribution in [-0.2, 0) is 0 Å². The summed E-state index contributed by atoms with van der Waals surface area (Å²) in [5.74, 6) is 0.